The molecule has 0 bridgehead atoms. The molecule has 90 valence electrons. The lowest BCUT2D eigenvalue weighted by molar-refractivity contribution is 0.329. The van der Waals surface area contributed by atoms with E-state index in [2.05, 4.69) is 16.3 Å². The van der Waals surface area contributed by atoms with Gasteiger partial charge in [-0.3, -0.25) is 0 Å². The van der Waals surface area contributed by atoms with E-state index in [0.29, 0.717) is 11.8 Å². The number of aromatic nitrogens is 2. The first-order valence-electron chi connectivity index (χ1n) is 5.52. The zero-order valence-corrected chi connectivity index (χ0v) is 11.1. The van der Waals surface area contributed by atoms with Crippen LogP contribution in [0.3, 0.4) is 0 Å². The highest BCUT2D eigenvalue weighted by molar-refractivity contribution is 7.90. The highest BCUT2D eigenvalue weighted by atomic mass is 32.2. The van der Waals surface area contributed by atoms with Crippen LogP contribution in [0.2, 0.25) is 0 Å². The van der Waals surface area contributed by atoms with Crippen LogP contribution in [0.1, 0.15) is 43.5 Å². The van der Waals surface area contributed by atoms with E-state index in [-0.39, 0.29) is 5.16 Å². The van der Waals surface area contributed by atoms with Crippen molar-refractivity contribution >= 4 is 21.4 Å². The molecule has 1 saturated carbocycles. The maximum atomic E-state index is 11.3. The number of hydrogen-bond donors (Lipinski definition) is 0. The molecule has 1 heterocycles. The average molecular weight is 260 g/mol. The summed E-state index contributed by atoms with van der Waals surface area (Å²) in [6.07, 6.45) is 5.96. The highest BCUT2D eigenvalue weighted by Gasteiger charge is 2.27. The van der Waals surface area contributed by atoms with Crippen LogP contribution in [-0.2, 0) is 9.84 Å². The van der Waals surface area contributed by atoms with E-state index in [9.17, 15) is 8.42 Å². The molecule has 4 nitrogen and oxygen atoms in total. The molecule has 0 N–H and O–H groups in total. The van der Waals surface area contributed by atoms with Gasteiger partial charge in [0.25, 0.3) is 5.16 Å². The monoisotopic (exact) mass is 260 g/mol. The molecule has 0 spiro atoms. The Hall–Kier alpha value is -0.490. The van der Waals surface area contributed by atoms with Crippen molar-refractivity contribution in [1.82, 2.24) is 9.36 Å². The quantitative estimate of drug-likeness (QED) is 0.818. The van der Waals surface area contributed by atoms with E-state index >= 15 is 0 Å². The fourth-order valence-electron chi connectivity index (χ4n) is 2.21. The van der Waals surface area contributed by atoms with Crippen molar-refractivity contribution in [2.45, 2.75) is 43.7 Å². The van der Waals surface area contributed by atoms with Crippen LogP contribution < -0.4 is 0 Å². The van der Waals surface area contributed by atoms with Crippen LogP contribution in [-0.4, -0.2) is 24.0 Å². The van der Waals surface area contributed by atoms with Crippen LogP contribution in [0.25, 0.3) is 0 Å². The summed E-state index contributed by atoms with van der Waals surface area (Å²) < 4.78 is 26.5. The predicted octanol–water partition coefficient (Wildman–Crippen LogP) is 2.24. The van der Waals surface area contributed by atoms with Crippen LogP contribution in [0.5, 0.6) is 0 Å². The summed E-state index contributed by atoms with van der Waals surface area (Å²) in [5, 5.41) is 0.887. The van der Waals surface area contributed by atoms with Gasteiger partial charge in [-0.15, -0.1) is 0 Å². The molecule has 0 amide bonds. The molecule has 0 radical (unpaired) electrons. The van der Waals surface area contributed by atoms with Gasteiger partial charge in [0.05, 0.1) is 0 Å². The van der Waals surface area contributed by atoms with Crippen molar-refractivity contribution in [1.29, 1.82) is 0 Å². The molecule has 1 aromatic rings. The fraction of sp³-hybridized carbons (Fsp3) is 0.800. The van der Waals surface area contributed by atoms with E-state index in [4.69, 9.17) is 0 Å². The summed E-state index contributed by atoms with van der Waals surface area (Å²) in [5.74, 6) is 0.996. The summed E-state index contributed by atoms with van der Waals surface area (Å²) in [6.45, 7) is 2.21. The number of hydrogen-bond acceptors (Lipinski definition) is 5. The zero-order valence-electron chi connectivity index (χ0n) is 9.51. The normalized spacial score (nSPS) is 26.9. The third-order valence-corrected chi connectivity index (χ3v) is 4.99. The van der Waals surface area contributed by atoms with Gasteiger partial charge >= 0.3 is 0 Å². The fourth-order valence-corrected chi connectivity index (χ4v) is 4.01. The van der Waals surface area contributed by atoms with Gasteiger partial charge in [-0.2, -0.15) is 4.37 Å². The second-order valence-electron chi connectivity index (χ2n) is 4.56. The molecule has 1 aliphatic carbocycles. The molecule has 2 atom stereocenters. The molecule has 16 heavy (non-hydrogen) atoms. The predicted molar refractivity (Wildman–Crippen MR) is 63.4 cm³/mol. The first-order chi connectivity index (χ1) is 7.48. The first-order valence-corrected chi connectivity index (χ1v) is 8.18. The van der Waals surface area contributed by atoms with Gasteiger partial charge in [0.2, 0.25) is 9.84 Å². The smallest absolute Gasteiger partial charge is 0.221 e. The lowest BCUT2D eigenvalue weighted by Gasteiger charge is -2.26. The molecule has 1 aliphatic rings. The van der Waals surface area contributed by atoms with Crippen molar-refractivity contribution in [3.05, 3.63) is 5.01 Å². The van der Waals surface area contributed by atoms with E-state index in [1.54, 1.807) is 0 Å². The van der Waals surface area contributed by atoms with E-state index in [1.165, 1.54) is 30.8 Å². The van der Waals surface area contributed by atoms with Gasteiger partial charge in [0.1, 0.15) is 5.01 Å². The maximum absolute atomic E-state index is 11.3. The SMILES string of the molecule is CC1CCCCC1c1nc(S(C)(=O)=O)ns1. The Balaban J connectivity index is 2.24. The summed E-state index contributed by atoms with van der Waals surface area (Å²) in [7, 11) is -3.25. The van der Waals surface area contributed by atoms with Crippen molar-refractivity contribution in [2.24, 2.45) is 5.92 Å². The van der Waals surface area contributed by atoms with Gasteiger partial charge < -0.3 is 0 Å². The second-order valence-corrected chi connectivity index (χ2v) is 7.25. The molecule has 0 saturated heterocycles. The van der Waals surface area contributed by atoms with Crippen LogP contribution in [0.15, 0.2) is 5.16 Å². The van der Waals surface area contributed by atoms with Gasteiger partial charge in [-0.25, -0.2) is 13.4 Å². The topological polar surface area (TPSA) is 59.9 Å². The molecule has 0 aromatic carbocycles. The number of sulfone groups is 1. The lowest BCUT2D eigenvalue weighted by atomic mass is 9.81. The summed E-state index contributed by atoms with van der Waals surface area (Å²) in [6, 6.07) is 0. The van der Waals surface area contributed by atoms with E-state index in [0.717, 1.165) is 17.7 Å². The Morgan fingerprint density at radius 2 is 2.00 bits per heavy atom. The Labute approximate surface area is 100 Å². The molecule has 1 aromatic heterocycles. The maximum Gasteiger partial charge on any atom is 0.258 e. The summed E-state index contributed by atoms with van der Waals surface area (Å²) in [5.41, 5.74) is 0. The van der Waals surface area contributed by atoms with Crippen molar-refractivity contribution < 1.29 is 8.42 Å². The third-order valence-electron chi connectivity index (χ3n) is 3.18. The largest absolute Gasteiger partial charge is 0.258 e. The van der Waals surface area contributed by atoms with Crippen LogP contribution in [0.4, 0.5) is 0 Å². The van der Waals surface area contributed by atoms with Gasteiger partial charge in [-0.1, -0.05) is 26.2 Å². The average Bonchev–Trinajstić information content (AvgIpc) is 2.66. The van der Waals surface area contributed by atoms with Gasteiger partial charge in [0, 0.05) is 12.2 Å². The molecule has 6 heteroatoms. The molecule has 1 fully saturated rings. The minimum absolute atomic E-state index is 0.00901. The van der Waals surface area contributed by atoms with Gasteiger partial charge in [0.15, 0.2) is 0 Å². The van der Waals surface area contributed by atoms with Crippen LogP contribution >= 0.6 is 11.5 Å². The highest BCUT2D eigenvalue weighted by Crippen LogP contribution is 2.38. The van der Waals surface area contributed by atoms with Crippen molar-refractivity contribution in [3.8, 4) is 0 Å². The van der Waals surface area contributed by atoms with Crippen LogP contribution in [0, 0.1) is 5.92 Å². The summed E-state index contributed by atoms with van der Waals surface area (Å²) in [4.78, 5) is 4.18. The standard InChI is InChI=1S/C10H16N2O2S2/c1-7-5-3-4-6-8(7)9-11-10(12-15-9)16(2,13)14/h7-8H,3-6H2,1-2H3. The van der Waals surface area contributed by atoms with Gasteiger partial charge in [-0.05, 0) is 23.9 Å². The Bertz CT molecular complexity index is 467. The minimum Gasteiger partial charge on any atom is -0.221 e. The summed E-state index contributed by atoms with van der Waals surface area (Å²) >= 11 is 1.25. The molecule has 0 aliphatic heterocycles. The molecule has 2 rings (SSSR count). The zero-order chi connectivity index (χ0) is 11.8. The Morgan fingerprint density at radius 3 is 2.56 bits per heavy atom. The van der Waals surface area contributed by atoms with E-state index < -0.39 is 9.84 Å². The van der Waals surface area contributed by atoms with Crippen molar-refractivity contribution in [3.63, 3.8) is 0 Å². The number of nitrogens with zero attached hydrogens (tertiary/aromatic N) is 2. The Kier molecular flexibility index (Phi) is 3.30. The second kappa shape index (κ2) is 4.41. The molecule has 2 unspecified atom stereocenters. The van der Waals surface area contributed by atoms with E-state index in [1.807, 2.05) is 0 Å². The third kappa shape index (κ3) is 2.43. The first kappa shape index (κ1) is 12.0. The van der Waals surface area contributed by atoms with Crippen molar-refractivity contribution in [2.75, 3.05) is 6.26 Å². The Morgan fingerprint density at radius 1 is 1.31 bits per heavy atom. The lowest BCUT2D eigenvalue weighted by Crippen LogP contribution is -2.14. The minimum atomic E-state index is -3.25. The number of rotatable bonds is 2. The molecular weight excluding hydrogens is 244 g/mol. The molecular formula is C10H16N2O2S2.